The zero-order valence-electron chi connectivity index (χ0n) is 13.4. The summed E-state index contributed by atoms with van der Waals surface area (Å²) in [6, 6.07) is 7.82. The predicted octanol–water partition coefficient (Wildman–Crippen LogP) is 0.717. The van der Waals surface area contributed by atoms with Crippen molar-refractivity contribution in [3.05, 3.63) is 41.7 Å². The van der Waals surface area contributed by atoms with E-state index in [1.165, 1.54) is 6.33 Å². The molecule has 24 heavy (non-hydrogen) atoms. The zero-order chi connectivity index (χ0) is 17.3. The number of nitrogen functional groups attached to an aromatic ring is 1. The average molecular weight is 389 g/mol. The Labute approximate surface area is 147 Å². The van der Waals surface area contributed by atoms with E-state index in [1.54, 1.807) is 14.2 Å². The van der Waals surface area contributed by atoms with Crippen LogP contribution in [0.2, 0.25) is 0 Å². The first kappa shape index (κ1) is 16.3. The fourth-order valence-electron chi connectivity index (χ4n) is 2.70. The van der Waals surface area contributed by atoms with E-state index >= 15 is 0 Å². The molecule has 8 heteroatoms. The zero-order valence-corrected chi connectivity index (χ0v) is 15.1. The number of fused-ring (bicyclic) bond motifs is 1. The molecule has 0 aliphatic carbocycles. The van der Waals surface area contributed by atoms with Crippen LogP contribution in [0.3, 0.4) is 0 Å². The van der Waals surface area contributed by atoms with Crippen molar-refractivity contribution in [2.75, 3.05) is 25.2 Å². The first-order chi connectivity index (χ1) is 11.6. The van der Waals surface area contributed by atoms with E-state index < -0.39 is 0 Å². The van der Waals surface area contributed by atoms with Gasteiger partial charge in [0.15, 0.2) is 0 Å². The van der Waals surface area contributed by atoms with Crippen LogP contribution in [0.5, 0.6) is 5.75 Å². The van der Waals surface area contributed by atoms with Gasteiger partial charge in [-0.05, 0) is 0 Å². The van der Waals surface area contributed by atoms with Gasteiger partial charge in [-0.3, -0.25) is 0 Å². The van der Waals surface area contributed by atoms with E-state index in [2.05, 4.69) is 30.9 Å². The van der Waals surface area contributed by atoms with Crippen molar-refractivity contribution in [3.63, 3.8) is 0 Å². The number of nitrogens with zero attached hydrogens (tertiary/aromatic N) is 3. The van der Waals surface area contributed by atoms with Crippen LogP contribution < -0.4 is 21.5 Å². The fraction of sp³-hybridized carbons (Fsp3) is 0.188. The Kier molecular flexibility index (Phi) is 4.42. The number of aromatic nitrogens is 3. The summed E-state index contributed by atoms with van der Waals surface area (Å²) in [6.45, 7) is 0.569. The van der Waals surface area contributed by atoms with Crippen LogP contribution >= 0.6 is 0 Å². The molecule has 0 atom stereocenters. The summed E-state index contributed by atoms with van der Waals surface area (Å²) in [5.74, 6) is 2.05. The van der Waals surface area contributed by atoms with Gasteiger partial charge in [-0.2, -0.15) is 0 Å². The summed E-state index contributed by atoms with van der Waals surface area (Å²) in [4.78, 5) is 8.67. The molecule has 0 amide bonds. The third-order valence-electron chi connectivity index (χ3n) is 3.86. The van der Waals surface area contributed by atoms with Crippen molar-refractivity contribution in [2.24, 2.45) is 5.73 Å². The third kappa shape index (κ3) is 2.70. The Morgan fingerprint density at radius 2 is 2.00 bits per heavy atom. The quantitative estimate of drug-likeness (QED) is 0.556. The Morgan fingerprint density at radius 1 is 1.29 bits per heavy atom. The van der Waals surface area contributed by atoms with Gasteiger partial charge < -0.3 is 0 Å². The van der Waals surface area contributed by atoms with Gasteiger partial charge in [0.1, 0.15) is 0 Å². The minimum atomic E-state index is 0.511. The standard InChI is InChI=1S/C16H18N6OSe/c1-19-15-12-11(14(18)24)13(17)22(16(12)21-8-20-15)7-9-3-5-10(23-2)6-4-9/h3-6,8H,7,17H2,1-2H3,(H2,18,24)(H,19,20,21). The van der Waals surface area contributed by atoms with Crippen molar-refractivity contribution in [2.45, 2.75) is 6.54 Å². The topological polar surface area (TPSA) is 104 Å². The molecule has 3 aromatic rings. The summed E-state index contributed by atoms with van der Waals surface area (Å²) in [5, 5.41) is 3.87. The van der Waals surface area contributed by atoms with Crippen LogP contribution in [-0.4, -0.2) is 48.8 Å². The molecule has 0 saturated carbocycles. The number of rotatable bonds is 5. The van der Waals surface area contributed by atoms with Crippen LogP contribution in [-0.2, 0) is 6.54 Å². The van der Waals surface area contributed by atoms with E-state index in [0.29, 0.717) is 22.7 Å². The summed E-state index contributed by atoms with van der Waals surface area (Å²) in [5.41, 5.74) is 14.9. The molecular weight excluding hydrogens is 371 g/mol. The third-order valence-corrected chi connectivity index (χ3v) is 4.29. The first-order valence-corrected chi connectivity index (χ1v) is 8.15. The van der Waals surface area contributed by atoms with Gasteiger partial charge in [0.25, 0.3) is 0 Å². The maximum absolute atomic E-state index is 6.37. The number of methoxy groups -OCH3 is 1. The Balaban J connectivity index is 2.16. The molecule has 0 radical (unpaired) electrons. The summed E-state index contributed by atoms with van der Waals surface area (Å²) < 4.78 is 7.64. The van der Waals surface area contributed by atoms with Gasteiger partial charge in [0, 0.05) is 0 Å². The second-order valence-electron chi connectivity index (χ2n) is 5.23. The molecule has 0 unspecified atom stereocenters. The van der Waals surface area contributed by atoms with Gasteiger partial charge in [0.2, 0.25) is 0 Å². The van der Waals surface area contributed by atoms with Crippen molar-refractivity contribution >= 4 is 42.8 Å². The summed E-state index contributed by atoms with van der Waals surface area (Å²) >= 11 is 2.83. The average Bonchev–Trinajstić information content (AvgIpc) is 2.88. The van der Waals surface area contributed by atoms with Crippen molar-refractivity contribution in [3.8, 4) is 5.75 Å². The molecule has 3 rings (SSSR count). The van der Waals surface area contributed by atoms with E-state index in [1.807, 2.05) is 28.8 Å². The van der Waals surface area contributed by atoms with E-state index in [-0.39, 0.29) is 0 Å². The minimum absolute atomic E-state index is 0.511. The molecule has 0 aliphatic heterocycles. The second kappa shape index (κ2) is 6.51. The van der Waals surface area contributed by atoms with Crippen LogP contribution in [0.4, 0.5) is 11.6 Å². The molecule has 2 aromatic heterocycles. The second-order valence-corrected chi connectivity index (χ2v) is 6.15. The molecule has 0 fully saturated rings. The SMILES string of the molecule is CNc1ncnc2c1c(C(N)=[Se])c(N)n2Cc1ccc(OC)cc1. The van der Waals surface area contributed by atoms with Crippen molar-refractivity contribution in [1.29, 1.82) is 0 Å². The molecule has 5 N–H and O–H groups in total. The first-order valence-electron chi connectivity index (χ1n) is 7.30. The number of ether oxygens (including phenoxy) is 1. The number of nitrogens with one attached hydrogen (secondary N) is 1. The maximum atomic E-state index is 6.37. The van der Waals surface area contributed by atoms with E-state index in [0.717, 1.165) is 27.9 Å². The Bertz CT molecular complexity index is 903. The number of hydrogen-bond donors (Lipinski definition) is 3. The number of anilines is 2. The molecule has 124 valence electrons. The predicted molar refractivity (Wildman–Crippen MR) is 97.6 cm³/mol. The summed E-state index contributed by atoms with van der Waals surface area (Å²) in [6.07, 6.45) is 1.51. The monoisotopic (exact) mass is 390 g/mol. The van der Waals surface area contributed by atoms with Crippen LogP contribution in [0.25, 0.3) is 11.0 Å². The van der Waals surface area contributed by atoms with Gasteiger partial charge >= 0.3 is 147 Å². The molecule has 2 heterocycles. The van der Waals surface area contributed by atoms with Crippen LogP contribution in [0.1, 0.15) is 11.1 Å². The van der Waals surface area contributed by atoms with Gasteiger partial charge in [0.05, 0.1) is 0 Å². The molecule has 0 bridgehead atoms. The molecular formula is C16H18N6OSe. The molecule has 0 aliphatic rings. The summed E-state index contributed by atoms with van der Waals surface area (Å²) in [7, 11) is 3.45. The van der Waals surface area contributed by atoms with Gasteiger partial charge in [-0.15, -0.1) is 0 Å². The number of benzene rings is 1. The van der Waals surface area contributed by atoms with Gasteiger partial charge in [-0.1, -0.05) is 0 Å². The molecule has 7 nitrogen and oxygen atoms in total. The van der Waals surface area contributed by atoms with E-state index in [4.69, 9.17) is 16.2 Å². The normalized spacial score (nSPS) is 10.8. The van der Waals surface area contributed by atoms with Crippen LogP contribution in [0, 0.1) is 0 Å². The van der Waals surface area contributed by atoms with Gasteiger partial charge in [-0.25, -0.2) is 0 Å². The van der Waals surface area contributed by atoms with E-state index in [9.17, 15) is 0 Å². The molecule has 1 aromatic carbocycles. The Morgan fingerprint density at radius 3 is 2.58 bits per heavy atom. The molecule has 0 saturated heterocycles. The number of hydrogen-bond acceptors (Lipinski definition) is 6. The Hall–Kier alpha value is -2.57. The van der Waals surface area contributed by atoms with Crippen LogP contribution in [0.15, 0.2) is 30.6 Å². The molecule has 0 spiro atoms. The fourth-order valence-corrected chi connectivity index (χ4v) is 3.13. The number of nitrogens with two attached hydrogens (primary N) is 2. The van der Waals surface area contributed by atoms with Crippen molar-refractivity contribution in [1.82, 2.24) is 14.5 Å². The van der Waals surface area contributed by atoms with Crippen molar-refractivity contribution < 1.29 is 4.74 Å².